The second-order valence-corrected chi connectivity index (χ2v) is 8.47. The molecule has 0 bridgehead atoms. The average Bonchev–Trinajstić information content (AvgIpc) is 2.60. The van der Waals surface area contributed by atoms with E-state index in [9.17, 15) is 22.7 Å². The lowest BCUT2D eigenvalue weighted by Crippen LogP contribution is -2.62. The minimum Gasteiger partial charge on any atom is -0.392 e. The Bertz CT molecular complexity index is 803. The van der Waals surface area contributed by atoms with Crippen molar-refractivity contribution in [2.24, 2.45) is 10.6 Å². The molecule has 2 atom stereocenters. The normalized spacial score (nSPS) is 25.2. The number of benzene rings is 1. The van der Waals surface area contributed by atoms with Crippen LogP contribution in [0.15, 0.2) is 23.1 Å². The molecule has 3 N–H and O–H groups in total. The number of hydrogen-bond acceptors (Lipinski definition) is 5. The number of primary sulfonamides is 1. The summed E-state index contributed by atoms with van der Waals surface area (Å²) in [6, 6.07) is 2.93. The Hall–Kier alpha value is -1.55. The monoisotopic (exact) mass is 386 g/mol. The zero-order chi connectivity index (χ0) is 19.1. The molecule has 0 radical (unpaired) electrons. The van der Waals surface area contributed by atoms with Gasteiger partial charge in [-0.3, -0.25) is 4.79 Å². The van der Waals surface area contributed by atoms with E-state index in [0.29, 0.717) is 39.0 Å². The number of aliphatic hydroxyl groups is 1. The van der Waals surface area contributed by atoms with Gasteiger partial charge in [-0.05, 0) is 38.0 Å². The number of aliphatic hydroxyl groups excluding tert-OH is 1. The van der Waals surface area contributed by atoms with E-state index < -0.39 is 27.9 Å². The number of rotatable bonds is 4. The largest absolute Gasteiger partial charge is 0.392 e. The fraction of sp³-hybridized carbons (Fsp3) is 0.588. The molecule has 26 heavy (non-hydrogen) atoms. The van der Waals surface area contributed by atoms with Gasteiger partial charge < -0.3 is 14.7 Å². The Labute approximate surface area is 152 Å². The molecule has 2 aliphatic rings. The van der Waals surface area contributed by atoms with E-state index in [4.69, 9.17) is 9.88 Å². The molecule has 2 fully saturated rings. The van der Waals surface area contributed by atoms with Crippen LogP contribution >= 0.6 is 0 Å². The predicted molar refractivity (Wildman–Crippen MR) is 91.4 cm³/mol. The number of carbonyl (C=O) groups is 1. The number of likely N-dealkylation sites (tertiary alicyclic amines) is 1. The third-order valence-corrected chi connectivity index (χ3v) is 6.50. The molecule has 1 spiro atoms. The minimum atomic E-state index is -4.03. The average molecular weight is 386 g/mol. The Morgan fingerprint density at radius 1 is 1.42 bits per heavy atom. The maximum atomic E-state index is 14.1. The van der Waals surface area contributed by atoms with Gasteiger partial charge >= 0.3 is 0 Å². The van der Waals surface area contributed by atoms with Gasteiger partial charge in [-0.25, -0.2) is 17.9 Å². The van der Waals surface area contributed by atoms with Crippen LogP contribution in [0.3, 0.4) is 0 Å². The molecule has 1 aliphatic heterocycles. The Kier molecular flexibility index (Phi) is 5.08. The summed E-state index contributed by atoms with van der Waals surface area (Å²) in [6.45, 7) is 3.16. The molecule has 1 amide bonds. The molecule has 1 aromatic carbocycles. The van der Waals surface area contributed by atoms with Gasteiger partial charge in [0.15, 0.2) is 0 Å². The van der Waals surface area contributed by atoms with Gasteiger partial charge in [0.2, 0.25) is 10.0 Å². The van der Waals surface area contributed by atoms with E-state index in [0.717, 1.165) is 18.2 Å². The summed E-state index contributed by atoms with van der Waals surface area (Å²) in [5, 5.41) is 15.3. The lowest BCUT2D eigenvalue weighted by Gasteiger charge is -2.56. The van der Waals surface area contributed by atoms with Crippen molar-refractivity contribution in [1.82, 2.24) is 4.90 Å². The van der Waals surface area contributed by atoms with Crippen LogP contribution in [-0.4, -0.2) is 56.2 Å². The van der Waals surface area contributed by atoms with Crippen molar-refractivity contribution in [2.45, 2.75) is 43.3 Å². The molecule has 0 unspecified atom stereocenters. The van der Waals surface area contributed by atoms with Crippen LogP contribution in [-0.2, 0) is 14.8 Å². The summed E-state index contributed by atoms with van der Waals surface area (Å²) in [5.74, 6) is -1.37. The number of hydrogen-bond donors (Lipinski definition) is 2. The molecule has 1 saturated heterocycles. The van der Waals surface area contributed by atoms with Gasteiger partial charge in [0.25, 0.3) is 5.91 Å². The van der Waals surface area contributed by atoms with Crippen molar-refractivity contribution in [3.05, 3.63) is 29.6 Å². The minimum absolute atomic E-state index is 0.0257. The van der Waals surface area contributed by atoms with E-state index >= 15 is 0 Å². The van der Waals surface area contributed by atoms with E-state index in [1.54, 1.807) is 0 Å². The van der Waals surface area contributed by atoms with Crippen LogP contribution in [0.1, 0.15) is 36.5 Å². The van der Waals surface area contributed by atoms with Gasteiger partial charge in [0.1, 0.15) is 5.82 Å². The van der Waals surface area contributed by atoms with Crippen molar-refractivity contribution in [3.63, 3.8) is 0 Å². The van der Waals surface area contributed by atoms with Gasteiger partial charge in [-0.1, -0.05) is 0 Å². The Morgan fingerprint density at radius 2 is 2.08 bits per heavy atom. The highest BCUT2D eigenvalue weighted by atomic mass is 32.2. The van der Waals surface area contributed by atoms with E-state index in [1.165, 1.54) is 4.90 Å². The number of nitrogens with two attached hydrogens (primary N) is 1. The summed E-state index contributed by atoms with van der Waals surface area (Å²) in [5.41, 5.74) is -0.670. The summed E-state index contributed by atoms with van der Waals surface area (Å²) >= 11 is 0. The molecule has 1 aromatic rings. The van der Waals surface area contributed by atoms with E-state index in [-0.39, 0.29) is 22.0 Å². The summed E-state index contributed by atoms with van der Waals surface area (Å²) < 4.78 is 42.7. The Balaban J connectivity index is 1.75. The zero-order valence-electron chi connectivity index (χ0n) is 14.5. The summed E-state index contributed by atoms with van der Waals surface area (Å²) in [6.07, 6.45) is 1.22. The van der Waals surface area contributed by atoms with Crippen molar-refractivity contribution in [2.75, 3.05) is 19.7 Å². The quantitative estimate of drug-likeness (QED) is 0.798. The smallest absolute Gasteiger partial charge is 0.256 e. The van der Waals surface area contributed by atoms with Crippen molar-refractivity contribution < 1.29 is 27.4 Å². The maximum Gasteiger partial charge on any atom is 0.256 e. The molecular formula is C17H23FN2O5S. The first kappa shape index (κ1) is 19.2. The topological polar surface area (TPSA) is 110 Å². The first-order valence-electron chi connectivity index (χ1n) is 8.60. The summed E-state index contributed by atoms with van der Waals surface area (Å²) in [4.78, 5) is 13.8. The maximum absolute atomic E-state index is 14.1. The highest BCUT2D eigenvalue weighted by Gasteiger charge is 2.56. The van der Waals surface area contributed by atoms with Crippen LogP contribution in [0.4, 0.5) is 4.39 Å². The molecule has 0 aromatic heterocycles. The highest BCUT2D eigenvalue weighted by Crippen LogP contribution is 2.51. The van der Waals surface area contributed by atoms with Crippen molar-refractivity contribution in [3.8, 4) is 0 Å². The number of halogens is 1. The summed E-state index contributed by atoms with van der Waals surface area (Å²) in [7, 11) is -4.03. The fourth-order valence-corrected chi connectivity index (χ4v) is 4.50. The molecule has 1 aliphatic carbocycles. The van der Waals surface area contributed by atoms with Gasteiger partial charge in [-0.2, -0.15) is 0 Å². The second-order valence-electron chi connectivity index (χ2n) is 6.91. The second kappa shape index (κ2) is 6.88. The van der Waals surface area contributed by atoms with Gasteiger partial charge in [0.05, 0.1) is 22.7 Å². The van der Waals surface area contributed by atoms with E-state index in [1.807, 2.05) is 6.92 Å². The van der Waals surface area contributed by atoms with Crippen molar-refractivity contribution in [1.29, 1.82) is 0 Å². The molecule has 1 heterocycles. The molecule has 1 saturated carbocycles. The van der Waals surface area contributed by atoms with Crippen LogP contribution in [0, 0.1) is 11.2 Å². The van der Waals surface area contributed by atoms with Crippen LogP contribution < -0.4 is 5.14 Å². The van der Waals surface area contributed by atoms with Crippen LogP contribution in [0.2, 0.25) is 0 Å². The first-order chi connectivity index (χ1) is 12.2. The third-order valence-electron chi connectivity index (χ3n) is 5.59. The number of nitrogens with zero attached hydrogens (tertiary/aromatic N) is 1. The number of carbonyl (C=O) groups excluding carboxylic acids is 1. The standard InChI is InChI=1S/C17H23FN2O5S/c1-2-25-15-10-14(21)17(15)5-7-20(8-6-17)16(22)12-9-11(26(19,23)24)3-4-13(12)18/h3-4,9,14-15,21H,2,5-8,10H2,1H3,(H2,19,23,24)/t14-,15+/m1/s1. The fourth-order valence-electron chi connectivity index (χ4n) is 3.96. The lowest BCUT2D eigenvalue weighted by molar-refractivity contribution is -0.207. The first-order valence-corrected chi connectivity index (χ1v) is 10.1. The molecular weight excluding hydrogens is 363 g/mol. The van der Waals surface area contributed by atoms with Crippen LogP contribution in [0.5, 0.6) is 0 Å². The molecule has 9 heteroatoms. The highest BCUT2D eigenvalue weighted by molar-refractivity contribution is 7.89. The van der Waals surface area contributed by atoms with E-state index in [2.05, 4.69) is 0 Å². The predicted octanol–water partition coefficient (Wildman–Crippen LogP) is 0.865. The van der Waals surface area contributed by atoms with Crippen molar-refractivity contribution >= 4 is 15.9 Å². The third kappa shape index (κ3) is 3.24. The van der Waals surface area contributed by atoms with Gasteiger partial charge in [-0.15, -0.1) is 0 Å². The lowest BCUT2D eigenvalue weighted by atomic mass is 9.58. The number of sulfonamides is 1. The van der Waals surface area contributed by atoms with Gasteiger partial charge in [0, 0.05) is 31.5 Å². The molecule has 144 valence electrons. The van der Waals surface area contributed by atoms with Crippen LogP contribution in [0.25, 0.3) is 0 Å². The zero-order valence-corrected chi connectivity index (χ0v) is 15.3. The Morgan fingerprint density at radius 3 is 2.62 bits per heavy atom. The molecule has 3 rings (SSSR count). The number of piperidine rings is 1. The SMILES string of the molecule is CCO[C@H]1C[C@@H](O)C12CCN(C(=O)c1cc(S(N)(=O)=O)ccc1F)CC2. The number of amides is 1. The number of ether oxygens (including phenoxy) is 1. The molecule has 7 nitrogen and oxygen atoms in total.